The van der Waals surface area contributed by atoms with Gasteiger partial charge < -0.3 is 11.1 Å². The van der Waals surface area contributed by atoms with Crippen molar-refractivity contribution in [2.45, 2.75) is 25.6 Å². The quantitative estimate of drug-likeness (QED) is 0.891. The van der Waals surface area contributed by atoms with Gasteiger partial charge in [0.2, 0.25) is 0 Å². The molecule has 0 bridgehead atoms. The lowest BCUT2D eigenvalue weighted by molar-refractivity contribution is -0.136. The summed E-state index contributed by atoms with van der Waals surface area (Å²) < 4.78 is 36.3. The molecule has 0 aromatic carbocycles. The van der Waals surface area contributed by atoms with Crippen LogP contribution in [0.15, 0.2) is 6.07 Å². The highest BCUT2D eigenvalue weighted by Gasteiger charge is 2.30. The van der Waals surface area contributed by atoms with Crippen molar-refractivity contribution in [1.82, 2.24) is 4.98 Å². The summed E-state index contributed by atoms with van der Waals surface area (Å²) in [7, 11) is 0. The van der Waals surface area contributed by atoms with Crippen molar-refractivity contribution in [3.05, 3.63) is 16.1 Å². The molecule has 3 N–H and O–H groups in total. The summed E-state index contributed by atoms with van der Waals surface area (Å²) in [5, 5.41) is 2.81. The van der Waals surface area contributed by atoms with Crippen molar-refractivity contribution in [2.75, 3.05) is 11.1 Å². The van der Waals surface area contributed by atoms with Gasteiger partial charge in [-0.05, 0) is 13.0 Å². The fourth-order valence-corrected chi connectivity index (χ4v) is 1.63. The molecule has 96 valence electrons. The smallest absolute Gasteiger partial charge is 0.382 e. The standard InChI is InChI=1S/C9H10Cl2F3N3/c1-4(3-9(12,13)14)16-8-6(11)2-5(10)7(15)17-8/h2,4H,3H2,1H3,(H3,15,16,17). The molecule has 0 spiro atoms. The molecule has 3 nitrogen and oxygen atoms in total. The number of pyridine rings is 1. The second-order valence-electron chi connectivity index (χ2n) is 3.55. The molecule has 8 heteroatoms. The van der Waals surface area contributed by atoms with E-state index in [1.54, 1.807) is 0 Å². The molecule has 17 heavy (non-hydrogen) atoms. The van der Waals surface area contributed by atoms with Crippen LogP contribution in [0.3, 0.4) is 0 Å². The van der Waals surface area contributed by atoms with Crippen molar-refractivity contribution in [1.29, 1.82) is 0 Å². The maximum absolute atomic E-state index is 12.1. The van der Waals surface area contributed by atoms with Crippen LogP contribution in [0.1, 0.15) is 13.3 Å². The highest BCUT2D eigenvalue weighted by Crippen LogP contribution is 2.29. The van der Waals surface area contributed by atoms with Gasteiger partial charge in [0, 0.05) is 6.04 Å². The van der Waals surface area contributed by atoms with Crippen LogP contribution >= 0.6 is 23.2 Å². The van der Waals surface area contributed by atoms with E-state index in [1.165, 1.54) is 13.0 Å². The molecular formula is C9H10Cl2F3N3. The Hall–Kier alpha value is -0.880. The lowest BCUT2D eigenvalue weighted by Crippen LogP contribution is -2.24. The molecule has 1 unspecified atom stereocenters. The van der Waals surface area contributed by atoms with E-state index in [9.17, 15) is 13.2 Å². The van der Waals surface area contributed by atoms with Crippen molar-refractivity contribution >= 4 is 34.8 Å². The summed E-state index contributed by atoms with van der Waals surface area (Å²) in [6, 6.07) is 0.467. The average Bonchev–Trinajstić information content (AvgIpc) is 2.11. The third-order valence-electron chi connectivity index (χ3n) is 1.88. The SMILES string of the molecule is CC(CC(F)(F)F)Nc1nc(N)c(Cl)cc1Cl. The highest BCUT2D eigenvalue weighted by molar-refractivity contribution is 6.37. The third kappa shape index (κ3) is 4.47. The van der Waals surface area contributed by atoms with E-state index in [0.717, 1.165) is 0 Å². The Bertz CT molecular complexity index is 409. The van der Waals surface area contributed by atoms with Gasteiger partial charge in [-0.15, -0.1) is 0 Å². The van der Waals surface area contributed by atoms with Crippen LogP contribution in [0.25, 0.3) is 0 Å². The lowest BCUT2D eigenvalue weighted by atomic mass is 10.2. The maximum Gasteiger partial charge on any atom is 0.391 e. The van der Waals surface area contributed by atoms with Crippen LogP contribution < -0.4 is 11.1 Å². The number of hydrogen-bond acceptors (Lipinski definition) is 3. The Balaban J connectivity index is 2.78. The zero-order valence-electron chi connectivity index (χ0n) is 8.78. The van der Waals surface area contributed by atoms with Gasteiger partial charge in [-0.3, -0.25) is 0 Å². The number of aromatic nitrogens is 1. The number of halogens is 5. The first-order valence-electron chi connectivity index (χ1n) is 4.64. The van der Waals surface area contributed by atoms with Crippen LogP contribution in [-0.2, 0) is 0 Å². The van der Waals surface area contributed by atoms with Crippen molar-refractivity contribution in [3.8, 4) is 0 Å². The molecule has 0 aliphatic carbocycles. The van der Waals surface area contributed by atoms with Gasteiger partial charge in [0.05, 0.1) is 16.5 Å². The van der Waals surface area contributed by atoms with E-state index in [0.29, 0.717) is 0 Å². The summed E-state index contributed by atoms with van der Waals surface area (Å²) in [5.41, 5.74) is 5.43. The molecule has 1 aromatic heterocycles. The van der Waals surface area contributed by atoms with Crippen LogP contribution in [0.5, 0.6) is 0 Å². The first-order valence-corrected chi connectivity index (χ1v) is 5.39. The normalized spacial score (nSPS) is 13.5. The predicted octanol–water partition coefficient (Wildman–Crippen LogP) is 3.72. The minimum atomic E-state index is -4.25. The van der Waals surface area contributed by atoms with E-state index in [1.807, 2.05) is 0 Å². The molecule has 1 heterocycles. The van der Waals surface area contributed by atoms with Gasteiger partial charge in [-0.1, -0.05) is 23.2 Å². The van der Waals surface area contributed by atoms with Crippen LogP contribution in [0.4, 0.5) is 24.8 Å². The van der Waals surface area contributed by atoms with Crippen molar-refractivity contribution in [2.24, 2.45) is 0 Å². The summed E-state index contributed by atoms with van der Waals surface area (Å²) in [6.45, 7) is 1.37. The number of anilines is 2. The van der Waals surface area contributed by atoms with Crippen LogP contribution in [-0.4, -0.2) is 17.2 Å². The number of nitrogens with two attached hydrogens (primary N) is 1. The Labute approximate surface area is 106 Å². The molecule has 0 aliphatic heterocycles. The van der Waals surface area contributed by atoms with Crippen LogP contribution in [0.2, 0.25) is 10.0 Å². The van der Waals surface area contributed by atoms with Gasteiger partial charge in [-0.2, -0.15) is 13.2 Å². The zero-order chi connectivity index (χ0) is 13.2. The summed E-state index contributed by atoms with van der Waals surface area (Å²) in [6.07, 6.45) is -5.25. The molecule has 0 saturated heterocycles. The molecule has 0 aliphatic rings. The van der Waals surface area contributed by atoms with E-state index in [2.05, 4.69) is 10.3 Å². The Morgan fingerprint density at radius 1 is 1.41 bits per heavy atom. The first-order chi connectivity index (χ1) is 7.69. The third-order valence-corrected chi connectivity index (χ3v) is 2.47. The fourth-order valence-electron chi connectivity index (χ4n) is 1.21. The molecule has 1 atom stereocenters. The zero-order valence-corrected chi connectivity index (χ0v) is 10.3. The maximum atomic E-state index is 12.1. The summed E-state index contributed by atoms with van der Waals surface area (Å²) >= 11 is 11.4. The minimum Gasteiger partial charge on any atom is -0.382 e. The molecule has 0 fully saturated rings. The van der Waals surface area contributed by atoms with E-state index in [4.69, 9.17) is 28.9 Å². The molecular weight excluding hydrogens is 278 g/mol. The summed E-state index contributed by atoms with van der Waals surface area (Å²) in [5.74, 6) is 0.100. The largest absolute Gasteiger partial charge is 0.391 e. The summed E-state index contributed by atoms with van der Waals surface area (Å²) in [4.78, 5) is 3.78. The average molecular weight is 288 g/mol. The van der Waals surface area contributed by atoms with E-state index >= 15 is 0 Å². The fraction of sp³-hybridized carbons (Fsp3) is 0.444. The number of nitrogens with one attached hydrogen (secondary N) is 1. The van der Waals surface area contributed by atoms with Crippen LogP contribution in [0, 0.1) is 0 Å². The number of alkyl halides is 3. The molecule has 0 saturated carbocycles. The molecule has 0 radical (unpaired) electrons. The molecule has 1 rings (SSSR count). The number of hydrogen-bond donors (Lipinski definition) is 2. The van der Waals surface area contributed by atoms with Crippen molar-refractivity contribution in [3.63, 3.8) is 0 Å². The van der Waals surface area contributed by atoms with E-state index < -0.39 is 18.6 Å². The van der Waals surface area contributed by atoms with Crippen molar-refractivity contribution < 1.29 is 13.2 Å². The predicted molar refractivity (Wildman–Crippen MR) is 62.4 cm³/mol. The van der Waals surface area contributed by atoms with E-state index in [-0.39, 0.29) is 21.7 Å². The first kappa shape index (κ1) is 14.2. The molecule has 0 amide bonds. The minimum absolute atomic E-state index is 0.0118. The van der Waals surface area contributed by atoms with Gasteiger partial charge in [0.15, 0.2) is 0 Å². The highest BCUT2D eigenvalue weighted by atomic mass is 35.5. The topological polar surface area (TPSA) is 50.9 Å². The lowest BCUT2D eigenvalue weighted by Gasteiger charge is -2.17. The van der Waals surface area contributed by atoms with Gasteiger partial charge in [0.25, 0.3) is 0 Å². The van der Waals surface area contributed by atoms with Gasteiger partial charge >= 0.3 is 6.18 Å². The Morgan fingerprint density at radius 3 is 2.53 bits per heavy atom. The Kier molecular flexibility index (Phi) is 4.32. The Morgan fingerprint density at radius 2 is 2.00 bits per heavy atom. The second-order valence-corrected chi connectivity index (χ2v) is 4.36. The van der Waals surface area contributed by atoms with Gasteiger partial charge in [0.1, 0.15) is 11.6 Å². The second kappa shape index (κ2) is 5.18. The monoisotopic (exact) mass is 287 g/mol. The molecule has 1 aromatic rings. The van der Waals surface area contributed by atoms with Gasteiger partial charge in [-0.25, -0.2) is 4.98 Å². The number of nitrogens with zero attached hydrogens (tertiary/aromatic N) is 1. The number of rotatable bonds is 3. The number of nitrogen functional groups attached to an aromatic ring is 1.